The van der Waals surface area contributed by atoms with Gasteiger partial charge in [0.05, 0.1) is 24.3 Å². The van der Waals surface area contributed by atoms with Crippen LogP contribution in [0, 0.1) is 5.41 Å². The summed E-state index contributed by atoms with van der Waals surface area (Å²) >= 11 is 0. The summed E-state index contributed by atoms with van der Waals surface area (Å²) in [5.41, 5.74) is 4.59. The van der Waals surface area contributed by atoms with Gasteiger partial charge < -0.3 is 15.9 Å². The maximum Gasteiger partial charge on any atom is 0.368 e. The van der Waals surface area contributed by atoms with Crippen LogP contribution < -0.4 is 5.73 Å². The number of hydrogen-bond acceptors (Lipinski definition) is 4. The summed E-state index contributed by atoms with van der Waals surface area (Å²) in [4.78, 5) is 17.7. The van der Waals surface area contributed by atoms with Crippen LogP contribution in [0.15, 0.2) is 9.98 Å². The molecule has 6 heteroatoms. The molecule has 1 aliphatic heterocycles. The van der Waals surface area contributed by atoms with Crippen LogP contribution in [0.5, 0.6) is 0 Å². The van der Waals surface area contributed by atoms with E-state index in [1.807, 2.05) is 0 Å². The van der Waals surface area contributed by atoms with Gasteiger partial charge in [-0.05, 0) is 6.92 Å². The third kappa shape index (κ3) is 1.45. The molecule has 4 N–H and O–H groups in total. The van der Waals surface area contributed by atoms with E-state index in [1.165, 1.54) is 0 Å². The molecule has 13 heavy (non-hydrogen) atoms. The molecular formula is C7H11N3O3. The lowest BCUT2D eigenvalue weighted by molar-refractivity contribution is 0.228. The molecule has 0 saturated heterocycles. The highest BCUT2D eigenvalue weighted by Crippen LogP contribution is 2.21. The first-order valence-corrected chi connectivity index (χ1v) is 3.73. The van der Waals surface area contributed by atoms with Gasteiger partial charge in [0.2, 0.25) is 0 Å². The minimum Gasteiger partial charge on any atom is -0.395 e. The van der Waals surface area contributed by atoms with E-state index in [-0.39, 0.29) is 18.2 Å². The van der Waals surface area contributed by atoms with Crippen molar-refractivity contribution in [3.05, 3.63) is 0 Å². The molecule has 1 heterocycles. The Bertz CT molecular complexity index is 297. The molecule has 0 fully saturated rings. The normalized spacial score (nSPS) is 28.4. The summed E-state index contributed by atoms with van der Waals surface area (Å²) in [5, 5.41) is 17.9. The average Bonchev–Trinajstić information content (AvgIpc) is 2.11. The first-order valence-electron chi connectivity index (χ1n) is 3.73. The highest BCUT2D eigenvalue weighted by molar-refractivity contribution is 6.19. The number of hydrogen-bond donors (Lipinski definition) is 3. The highest BCUT2D eigenvalue weighted by Gasteiger charge is 2.37. The number of aliphatic hydroxyl groups is 2. The topological polar surface area (TPSA) is 108 Å². The summed E-state index contributed by atoms with van der Waals surface area (Å²) < 4.78 is 0. The molecule has 0 aliphatic carbocycles. The predicted octanol–water partition coefficient (Wildman–Crippen LogP) is -1.09. The smallest absolute Gasteiger partial charge is 0.368 e. The molecule has 1 atom stereocenters. The zero-order valence-electron chi connectivity index (χ0n) is 7.19. The van der Waals surface area contributed by atoms with Crippen LogP contribution in [0.3, 0.4) is 0 Å². The first kappa shape index (κ1) is 9.82. The molecule has 72 valence electrons. The van der Waals surface area contributed by atoms with Crippen LogP contribution in [0.25, 0.3) is 0 Å². The molecule has 2 amide bonds. The molecule has 0 aromatic heterocycles. The highest BCUT2D eigenvalue weighted by atomic mass is 16.3. The Morgan fingerprint density at radius 3 is 2.54 bits per heavy atom. The van der Waals surface area contributed by atoms with Gasteiger partial charge in [-0.25, -0.2) is 4.79 Å². The van der Waals surface area contributed by atoms with Gasteiger partial charge in [-0.3, -0.25) is 0 Å². The molecular weight excluding hydrogens is 174 g/mol. The number of amides is 2. The van der Waals surface area contributed by atoms with Gasteiger partial charge >= 0.3 is 6.03 Å². The molecule has 0 aromatic carbocycles. The molecule has 1 aliphatic rings. The number of aliphatic imine (C=N–C) groups is 2. The fourth-order valence-corrected chi connectivity index (χ4v) is 1.02. The number of carbonyl (C=O) groups excluding carboxylic acids is 1. The zero-order valence-corrected chi connectivity index (χ0v) is 7.19. The number of amidine groups is 1. The quantitative estimate of drug-likeness (QED) is 0.507. The van der Waals surface area contributed by atoms with Gasteiger partial charge in [-0.15, -0.1) is 0 Å². The Labute approximate surface area is 74.8 Å². The number of rotatable bonds is 2. The SMILES string of the molecule is CC1(CO)C(N)=NC(=O)N=C1CO. The van der Waals surface area contributed by atoms with Crippen molar-refractivity contribution in [3.63, 3.8) is 0 Å². The third-order valence-electron chi connectivity index (χ3n) is 2.11. The standard InChI is InChI=1S/C7H11N3O3/c1-7(3-12)4(2-11)9-6(13)10-5(7)8/h11-12H,2-3H2,1H3,(H2,8,10,13). The number of nitrogens with two attached hydrogens (primary N) is 1. The number of urea groups is 1. The summed E-state index contributed by atoms with van der Waals surface area (Å²) in [6.07, 6.45) is 0. The number of carbonyl (C=O) groups is 1. The van der Waals surface area contributed by atoms with Crippen LogP contribution in [-0.2, 0) is 0 Å². The molecule has 0 bridgehead atoms. The Hall–Kier alpha value is -1.27. The van der Waals surface area contributed by atoms with Gasteiger partial charge in [0.1, 0.15) is 5.84 Å². The summed E-state index contributed by atoms with van der Waals surface area (Å²) in [6.45, 7) is 0.807. The Morgan fingerprint density at radius 2 is 2.08 bits per heavy atom. The second-order valence-corrected chi connectivity index (χ2v) is 2.99. The van der Waals surface area contributed by atoms with Gasteiger partial charge in [0.15, 0.2) is 0 Å². The van der Waals surface area contributed by atoms with Gasteiger partial charge in [-0.1, -0.05) is 0 Å². The zero-order chi connectivity index (χ0) is 10.1. The largest absolute Gasteiger partial charge is 0.395 e. The van der Waals surface area contributed by atoms with Crippen molar-refractivity contribution in [1.29, 1.82) is 0 Å². The molecule has 0 radical (unpaired) electrons. The minimum absolute atomic E-state index is 0.0148. The monoisotopic (exact) mass is 185 g/mol. The van der Waals surface area contributed by atoms with Gasteiger partial charge in [-0.2, -0.15) is 9.98 Å². The molecule has 0 aromatic rings. The molecule has 0 spiro atoms. The Morgan fingerprint density at radius 1 is 1.46 bits per heavy atom. The molecule has 1 rings (SSSR count). The molecule has 6 nitrogen and oxygen atoms in total. The maximum atomic E-state index is 10.8. The number of aliphatic hydroxyl groups excluding tert-OH is 2. The fourth-order valence-electron chi connectivity index (χ4n) is 1.02. The van der Waals surface area contributed by atoms with E-state index >= 15 is 0 Å². The van der Waals surface area contributed by atoms with Crippen molar-refractivity contribution in [3.8, 4) is 0 Å². The second kappa shape index (κ2) is 3.23. The van der Waals surface area contributed by atoms with Crippen LogP contribution in [0.1, 0.15) is 6.92 Å². The van der Waals surface area contributed by atoms with E-state index in [0.29, 0.717) is 0 Å². The van der Waals surface area contributed by atoms with Gasteiger partial charge in [0.25, 0.3) is 0 Å². The van der Waals surface area contributed by atoms with Crippen LogP contribution >= 0.6 is 0 Å². The van der Waals surface area contributed by atoms with Crippen molar-refractivity contribution in [1.82, 2.24) is 0 Å². The lowest BCUT2D eigenvalue weighted by Crippen LogP contribution is -2.48. The van der Waals surface area contributed by atoms with Crippen molar-refractivity contribution in [2.45, 2.75) is 6.92 Å². The van der Waals surface area contributed by atoms with Crippen molar-refractivity contribution < 1.29 is 15.0 Å². The number of nitrogens with zero attached hydrogens (tertiary/aromatic N) is 2. The summed E-state index contributed by atoms with van der Waals surface area (Å²) in [7, 11) is 0. The maximum absolute atomic E-state index is 10.8. The van der Waals surface area contributed by atoms with E-state index in [2.05, 4.69) is 9.98 Å². The third-order valence-corrected chi connectivity index (χ3v) is 2.11. The lowest BCUT2D eigenvalue weighted by atomic mass is 9.84. The molecule has 1 unspecified atom stereocenters. The van der Waals surface area contributed by atoms with E-state index in [1.54, 1.807) is 6.92 Å². The van der Waals surface area contributed by atoms with E-state index in [0.717, 1.165) is 0 Å². The van der Waals surface area contributed by atoms with Crippen LogP contribution in [0.2, 0.25) is 0 Å². The van der Waals surface area contributed by atoms with Crippen molar-refractivity contribution >= 4 is 17.6 Å². The van der Waals surface area contributed by atoms with E-state index in [9.17, 15) is 4.79 Å². The first-order chi connectivity index (χ1) is 6.04. The summed E-state index contributed by atoms with van der Waals surface area (Å²) in [6, 6.07) is -0.743. The van der Waals surface area contributed by atoms with Crippen LogP contribution in [0.4, 0.5) is 4.79 Å². The Balaban J connectivity index is 3.12. The average molecular weight is 185 g/mol. The van der Waals surface area contributed by atoms with E-state index < -0.39 is 18.1 Å². The van der Waals surface area contributed by atoms with Gasteiger partial charge in [0, 0.05) is 0 Å². The van der Waals surface area contributed by atoms with E-state index in [4.69, 9.17) is 15.9 Å². The van der Waals surface area contributed by atoms with Crippen LogP contribution in [-0.4, -0.2) is 41.0 Å². The lowest BCUT2D eigenvalue weighted by Gasteiger charge is -2.29. The molecule has 0 saturated carbocycles. The fraction of sp³-hybridized carbons (Fsp3) is 0.571. The predicted molar refractivity (Wildman–Crippen MR) is 46.7 cm³/mol. The van der Waals surface area contributed by atoms with Crippen molar-refractivity contribution in [2.24, 2.45) is 21.1 Å². The summed E-state index contributed by atoms with van der Waals surface area (Å²) in [5.74, 6) is -0.0148. The second-order valence-electron chi connectivity index (χ2n) is 2.99. The minimum atomic E-state index is -1.01. The Kier molecular flexibility index (Phi) is 2.44. The van der Waals surface area contributed by atoms with Crippen molar-refractivity contribution in [2.75, 3.05) is 13.2 Å².